The molecular weight excluding hydrogens is 287 g/mol. The van der Waals surface area contributed by atoms with E-state index in [9.17, 15) is 0 Å². The lowest BCUT2D eigenvalue weighted by Crippen LogP contribution is -2.62. The van der Waals surface area contributed by atoms with Gasteiger partial charge in [0.05, 0.1) is 10.6 Å². The third kappa shape index (κ3) is 1.92. The van der Waals surface area contributed by atoms with E-state index < -0.39 is 0 Å². The molecule has 0 aliphatic carbocycles. The molecule has 1 aromatic rings. The van der Waals surface area contributed by atoms with Crippen molar-refractivity contribution in [1.82, 2.24) is 5.32 Å². The van der Waals surface area contributed by atoms with Crippen molar-refractivity contribution in [3.63, 3.8) is 0 Å². The Hall–Kier alpha value is 0.200. The van der Waals surface area contributed by atoms with E-state index in [2.05, 4.69) is 21.2 Å². The van der Waals surface area contributed by atoms with Crippen LogP contribution in [-0.2, 0) is 5.54 Å². The molecular formula is C9H11BrCl2N2. The number of hydrogen-bond donors (Lipinski definition) is 2. The molecule has 0 bridgehead atoms. The van der Waals surface area contributed by atoms with Gasteiger partial charge in [-0.3, -0.25) is 0 Å². The van der Waals surface area contributed by atoms with Gasteiger partial charge in [-0.1, -0.05) is 23.7 Å². The fraction of sp³-hybridized carbons (Fsp3) is 0.333. The second kappa shape index (κ2) is 4.37. The van der Waals surface area contributed by atoms with E-state index in [0.717, 1.165) is 28.1 Å². The summed E-state index contributed by atoms with van der Waals surface area (Å²) in [4.78, 5) is 0. The Balaban J connectivity index is 0.000000980. The van der Waals surface area contributed by atoms with Crippen LogP contribution in [0.2, 0.25) is 5.02 Å². The van der Waals surface area contributed by atoms with Gasteiger partial charge in [-0.25, -0.2) is 0 Å². The quantitative estimate of drug-likeness (QED) is 0.835. The Morgan fingerprint density at radius 3 is 2.57 bits per heavy atom. The Kier molecular flexibility index (Phi) is 3.83. The van der Waals surface area contributed by atoms with Crippen molar-refractivity contribution in [1.29, 1.82) is 0 Å². The van der Waals surface area contributed by atoms with Crippen LogP contribution in [0, 0.1) is 0 Å². The summed E-state index contributed by atoms with van der Waals surface area (Å²) in [6.45, 7) is 1.59. The van der Waals surface area contributed by atoms with Gasteiger partial charge in [-0.15, -0.1) is 12.4 Å². The molecule has 2 rings (SSSR count). The minimum Gasteiger partial charge on any atom is -0.319 e. The van der Waals surface area contributed by atoms with E-state index in [4.69, 9.17) is 17.3 Å². The highest BCUT2D eigenvalue weighted by atomic mass is 79.9. The molecule has 1 heterocycles. The number of halogens is 3. The lowest BCUT2D eigenvalue weighted by Gasteiger charge is -2.40. The van der Waals surface area contributed by atoms with Gasteiger partial charge in [-0.05, 0) is 27.6 Å². The predicted octanol–water partition coefficient (Wildman–Crippen LogP) is 2.28. The highest BCUT2D eigenvalue weighted by Gasteiger charge is 2.36. The van der Waals surface area contributed by atoms with Crippen LogP contribution in [0.1, 0.15) is 5.56 Å². The van der Waals surface area contributed by atoms with Crippen LogP contribution in [0.25, 0.3) is 0 Å². The second-order valence-corrected chi connectivity index (χ2v) is 4.59. The zero-order valence-corrected chi connectivity index (χ0v) is 10.5. The second-order valence-electron chi connectivity index (χ2n) is 3.36. The van der Waals surface area contributed by atoms with Gasteiger partial charge in [0.1, 0.15) is 0 Å². The van der Waals surface area contributed by atoms with Crippen molar-refractivity contribution < 1.29 is 0 Å². The van der Waals surface area contributed by atoms with Crippen molar-refractivity contribution >= 4 is 39.9 Å². The molecule has 0 aromatic heterocycles. The van der Waals surface area contributed by atoms with Gasteiger partial charge < -0.3 is 11.1 Å². The summed E-state index contributed by atoms with van der Waals surface area (Å²) in [5.74, 6) is 0. The Bertz CT molecular complexity index is 340. The molecule has 1 aliphatic rings. The van der Waals surface area contributed by atoms with Crippen LogP contribution >= 0.6 is 39.9 Å². The first-order valence-corrected chi connectivity index (χ1v) is 5.25. The summed E-state index contributed by atoms with van der Waals surface area (Å²) in [6.07, 6.45) is 0. The summed E-state index contributed by atoms with van der Waals surface area (Å²) in [7, 11) is 0. The van der Waals surface area contributed by atoms with Crippen LogP contribution in [0.5, 0.6) is 0 Å². The minimum atomic E-state index is -0.277. The molecule has 14 heavy (non-hydrogen) atoms. The zero-order valence-electron chi connectivity index (χ0n) is 7.39. The predicted molar refractivity (Wildman–Crippen MR) is 65.1 cm³/mol. The van der Waals surface area contributed by atoms with Gasteiger partial charge >= 0.3 is 0 Å². The summed E-state index contributed by atoms with van der Waals surface area (Å²) in [6, 6.07) is 5.85. The molecule has 1 fully saturated rings. The highest BCUT2D eigenvalue weighted by molar-refractivity contribution is 9.10. The third-order valence-corrected chi connectivity index (χ3v) is 3.67. The maximum Gasteiger partial charge on any atom is 0.0677 e. The lowest BCUT2D eigenvalue weighted by molar-refractivity contribution is 0.287. The molecule has 0 unspecified atom stereocenters. The molecule has 5 heteroatoms. The molecule has 2 nitrogen and oxygen atoms in total. The molecule has 78 valence electrons. The average Bonchev–Trinajstić information content (AvgIpc) is 2.06. The Morgan fingerprint density at radius 2 is 2.07 bits per heavy atom. The molecule has 0 spiro atoms. The molecule has 0 radical (unpaired) electrons. The summed E-state index contributed by atoms with van der Waals surface area (Å²) >= 11 is 9.52. The number of benzene rings is 1. The monoisotopic (exact) mass is 296 g/mol. The fourth-order valence-electron chi connectivity index (χ4n) is 1.47. The summed E-state index contributed by atoms with van der Waals surface area (Å²) < 4.78 is 0.906. The van der Waals surface area contributed by atoms with Crippen molar-refractivity contribution in [3.05, 3.63) is 33.3 Å². The third-order valence-electron chi connectivity index (χ3n) is 2.37. The smallest absolute Gasteiger partial charge is 0.0677 e. The average molecular weight is 298 g/mol. The molecule has 0 saturated carbocycles. The lowest BCUT2D eigenvalue weighted by atomic mass is 9.85. The van der Waals surface area contributed by atoms with E-state index in [1.165, 1.54) is 0 Å². The summed E-state index contributed by atoms with van der Waals surface area (Å²) in [5.41, 5.74) is 6.87. The molecule has 3 N–H and O–H groups in total. The normalized spacial score (nSPS) is 18.2. The van der Waals surface area contributed by atoms with Gasteiger partial charge in [0.15, 0.2) is 0 Å². The molecule has 0 atom stereocenters. The number of nitrogens with one attached hydrogen (secondary N) is 1. The SMILES string of the molecule is Cl.NC1(c2cccc(Br)c2Cl)CNC1. The Morgan fingerprint density at radius 1 is 1.43 bits per heavy atom. The van der Waals surface area contributed by atoms with Gasteiger partial charge in [-0.2, -0.15) is 0 Å². The van der Waals surface area contributed by atoms with Crippen LogP contribution < -0.4 is 11.1 Å². The number of hydrogen-bond acceptors (Lipinski definition) is 2. The largest absolute Gasteiger partial charge is 0.319 e. The van der Waals surface area contributed by atoms with E-state index in [1.54, 1.807) is 0 Å². The van der Waals surface area contributed by atoms with Crippen molar-refractivity contribution in [3.8, 4) is 0 Å². The Labute approximate surface area is 103 Å². The van der Waals surface area contributed by atoms with E-state index in [-0.39, 0.29) is 17.9 Å². The highest BCUT2D eigenvalue weighted by Crippen LogP contribution is 2.33. The number of nitrogens with two attached hydrogens (primary N) is 1. The van der Waals surface area contributed by atoms with Crippen LogP contribution in [-0.4, -0.2) is 13.1 Å². The first-order valence-electron chi connectivity index (χ1n) is 4.07. The van der Waals surface area contributed by atoms with Gasteiger partial charge in [0, 0.05) is 17.6 Å². The van der Waals surface area contributed by atoms with Gasteiger partial charge in [0.25, 0.3) is 0 Å². The van der Waals surface area contributed by atoms with Crippen LogP contribution in [0.3, 0.4) is 0 Å². The molecule has 1 aromatic carbocycles. The molecule has 1 saturated heterocycles. The van der Waals surface area contributed by atoms with Crippen LogP contribution in [0.4, 0.5) is 0 Å². The van der Waals surface area contributed by atoms with Crippen molar-refractivity contribution in [2.75, 3.05) is 13.1 Å². The first-order chi connectivity index (χ1) is 6.13. The van der Waals surface area contributed by atoms with Gasteiger partial charge in [0.2, 0.25) is 0 Å². The zero-order chi connectivity index (χ0) is 9.47. The molecule has 1 aliphatic heterocycles. The minimum absolute atomic E-state index is 0. The number of rotatable bonds is 1. The van der Waals surface area contributed by atoms with Crippen molar-refractivity contribution in [2.24, 2.45) is 5.73 Å². The maximum atomic E-state index is 6.14. The molecule has 0 amide bonds. The first kappa shape index (κ1) is 12.3. The standard InChI is InChI=1S/C9H10BrClN2.ClH/c10-7-3-1-2-6(8(7)11)9(12)4-13-5-9;/h1-3,13H,4-5,12H2;1H. The van der Waals surface area contributed by atoms with Crippen molar-refractivity contribution in [2.45, 2.75) is 5.54 Å². The maximum absolute atomic E-state index is 6.14. The fourth-order valence-corrected chi connectivity index (χ4v) is 2.15. The van der Waals surface area contributed by atoms with Crippen LogP contribution in [0.15, 0.2) is 22.7 Å². The summed E-state index contributed by atoms with van der Waals surface area (Å²) in [5, 5.41) is 3.88. The van der Waals surface area contributed by atoms with E-state index in [1.807, 2.05) is 18.2 Å². The topological polar surface area (TPSA) is 38.0 Å². The van der Waals surface area contributed by atoms with E-state index in [0.29, 0.717) is 0 Å². The van der Waals surface area contributed by atoms with E-state index >= 15 is 0 Å².